The zero-order valence-electron chi connectivity index (χ0n) is 10.9. The molecule has 0 aromatic carbocycles. The molecule has 109 valence electrons. The molecule has 18 heavy (non-hydrogen) atoms. The van der Waals surface area contributed by atoms with Crippen LogP contribution in [0.25, 0.3) is 0 Å². The molecule has 7 heteroatoms. The molecule has 0 aliphatic carbocycles. The number of hydrogen-bond acceptors (Lipinski definition) is 6. The van der Waals surface area contributed by atoms with Gasteiger partial charge in [-0.1, -0.05) is 13.8 Å². The van der Waals surface area contributed by atoms with Crippen molar-refractivity contribution >= 4 is 23.5 Å². The summed E-state index contributed by atoms with van der Waals surface area (Å²) in [6.45, 7) is 5.88. The van der Waals surface area contributed by atoms with Gasteiger partial charge in [0.15, 0.2) is 0 Å². The summed E-state index contributed by atoms with van der Waals surface area (Å²) in [4.78, 5) is 38.6. The predicted molar refractivity (Wildman–Crippen MR) is 56.6 cm³/mol. The largest absolute Gasteiger partial charge is 2.00 e. The molecule has 0 unspecified atom stereocenters. The van der Waals surface area contributed by atoms with Gasteiger partial charge >= 0.3 is 17.1 Å². The van der Waals surface area contributed by atoms with Gasteiger partial charge in [0.2, 0.25) is 0 Å². The standard InChI is InChI=1S/C5H8O2.2C3H6O2.Cu/c1-4(6)3-5(2)7;2*1-2-3(4)5;/h3H2,1-2H3;2*2H2,1H3,(H,4,5);/q;;;+2/p-2. The molecule has 0 N–H and O–H groups in total. The van der Waals surface area contributed by atoms with Gasteiger partial charge < -0.3 is 19.8 Å². The second-order valence-corrected chi connectivity index (χ2v) is 3.03. The van der Waals surface area contributed by atoms with Crippen LogP contribution >= 0.6 is 0 Å². The molecule has 0 aromatic heterocycles. The van der Waals surface area contributed by atoms with E-state index in [4.69, 9.17) is 0 Å². The molecule has 6 nitrogen and oxygen atoms in total. The SMILES string of the molecule is CC(=O)CC(C)=O.CCC(=O)[O-].CCC(=O)[O-].[Cu+2]. The maximum absolute atomic E-state index is 10.0. The van der Waals surface area contributed by atoms with Crippen molar-refractivity contribution in [1.29, 1.82) is 0 Å². The Morgan fingerprint density at radius 3 is 0.944 bits per heavy atom. The van der Waals surface area contributed by atoms with Gasteiger partial charge in [0.1, 0.15) is 11.6 Å². The summed E-state index contributed by atoms with van der Waals surface area (Å²) in [5.41, 5.74) is 0. The molecule has 0 saturated heterocycles. The van der Waals surface area contributed by atoms with Crippen molar-refractivity contribution in [3.8, 4) is 0 Å². The molecule has 0 heterocycles. The van der Waals surface area contributed by atoms with Gasteiger partial charge in [0, 0.05) is 11.9 Å². The molecule has 0 spiro atoms. The summed E-state index contributed by atoms with van der Waals surface area (Å²) in [6, 6.07) is 0. The molecule has 0 aliphatic heterocycles. The number of carboxylic acid groups (broad SMARTS) is 2. The smallest absolute Gasteiger partial charge is 0.550 e. The summed E-state index contributed by atoms with van der Waals surface area (Å²) in [5, 5.41) is 18.5. The minimum Gasteiger partial charge on any atom is -0.550 e. The Kier molecular flexibility index (Phi) is 25.8. The molecule has 0 atom stereocenters. The van der Waals surface area contributed by atoms with Crippen LogP contribution in [0.3, 0.4) is 0 Å². The van der Waals surface area contributed by atoms with Crippen LogP contribution in [-0.2, 0) is 36.2 Å². The topological polar surface area (TPSA) is 114 Å². The van der Waals surface area contributed by atoms with Crippen LogP contribution in [0, 0.1) is 0 Å². The van der Waals surface area contributed by atoms with Crippen molar-refractivity contribution in [1.82, 2.24) is 0 Å². The van der Waals surface area contributed by atoms with E-state index in [1.165, 1.54) is 27.7 Å². The van der Waals surface area contributed by atoms with Gasteiger partial charge in [0.05, 0.1) is 6.42 Å². The Labute approximate surface area is 117 Å². The zero-order valence-corrected chi connectivity index (χ0v) is 11.8. The fourth-order valence-corrected chi connectivity index (χ4v) is 0.351. The maximum atomic E-state index is 10.0. The molecule has 1 radical (unpaired) electrons. The monoisotopic (exact) mass is 309 g/mol. The van der Waals surface area contributed by atoms with Gasteiger partial charge in [0.25, 0.3) is 0 Å². The second kappa shape index (κ2) is 18.2. The summed E-state index contributed by atoms with van der Waals surface area (Å²) in [5.74, 6) is -2.12. The van der Waals surface area contributed by atoms with E-state index in [0.29, 0.717) is 0 Å². The van der Waals surface area contributed by atoms with Crippen LogP contribution < -0.4 is 10.2 Å². The second-order valence-electron chi connectivity index (χ2n) is 3.03. The Morgan fingerprint density at radius 1 is 0.778 bits per heavy atom. The van der Waals surface area contributed by atoms with Crippen molar-refractivity contribution in [2.24, 2.45) is 0 Å². The maximum Gasteiger partial charge on any atom is 2.00 e. The number of carbonyl (C=O) groups excluding carboxylic acids is 4. The number of rotatable bonds is 4. The molecule has 0 saturated carbocycles. The van der Waals surface area contributed by atoms with Crippen LogP contribution in [-0.4, -0.2) is 23.5 Å². The average Bonchev–Trinajstić information content (AvgIpc) is 2.17. The zero-order chi connectivity index (χ0) is 14.4. The first kappa shape index (κ1) is 25.6. The average molecular weight is 310 g/mol. The van der Waals surface area contributed by atoms with Gasteiger partial charge in [-0.15, -0.1) is 0 Å². The normalized spacial score (nSPS) is 7.33. The van der Waals surface area contributed by atoms with E-state index in [1.807, 2.05) is 0 Å². The van der Waals surface area contributed by atoms with Gasteiger partial charge in [-0.3, -0.25) is 9.59 Å². The third-order valence-corrected chi connectivity index (χ3v) is 1.08. The Balaban J connectivity index is -0.0000000813. The first-order valence-corrected chi connectivity index (χ1v) is 5.05. The fraction of sp³-hybridized carbons (Fsp3) is 0.636. The number of carboxylic acids is 2. The van der Waals surface area contributed by atoms with Crippen molar-refractivity contribution in [2.75, 3.05) is 0 Å². The third kappa shape index (κ3) is 61.0. The number of ketones is 2. The van der Waals surface area contributed by atoms with E-state index in [9.17, 15) is 29.4 Å². The van der Waals surface area contributed by atoms with Crippen molar-refractivity contribution in [3.05, 3.63) is 0 Å². The summed E-state index contributed by atoms with van der Waals surface area (Å²) >= 11 is 0. The van der Waals surface area contributed by atoms with E-state index >= 15 is 0 Å². The molecule has 0 rings (SSSR count). The first-order chi connectivity index (χ1) is 7.67. The van der Waals surface area contributed by atoms with Gasteiger partial charge in [-0.25, -0.2) is 0 Å². The minimum atomic E-state index is -0.995. The van der Waals surface area contributed by atoms with Crippen LogP contribution in [0.15, 0.2) is 0 Å². The fourth-order valence-electron chi connectivity index (χ4n) is 0.351. The van der Waals surface area contributed by atoms with Crippen LogP contribution in [0.4, 0.5) is 0 Å². The molecule has 0 bridgehead atoms. The number of hydrogen-bond donors (Lipinski definition) is 0. The molecular weight excluding hydrogens is 292 g/mol. The van der Waals surface area contributed by atoms with E-state index < -0.39 is 11.9 Å². The van der Waals surface area contributed by atoms with Crippen molar-refractivity contribution in [3.63, 3.8) is 0 Å². The van der Waals surface area contributed by atoms with Gasteiger partial charge in [-0.2, -0.15) is 0 Å². The van der Waals surface area contributed by atoms with E-state index in [0.717, 1.165) is 0 Å². The Bertz CT molecular complexity index is 236. The van der Waals surface area contributed by atoms with Crippen LogP contribution in [0.5, 0.6) is 0 Å². The Morgan fingerprint density at radius 2 is 0.944 bits per heavy atom. The molecule has 0 fully saturated rings. The molecule has 0 amide bonds. The van der Waals surface area contributed by atoms with Crippen LogP contribution in [0.1, 0.15) is 47.0 Å². The first-order valence-electron chi connectivity index (χ1n) is 5.05. The quantitative estimate of drug-likeness (QED) is 0.478. The number of carbonyl (C=O) groups is 4. The van der Waals surface area contributed by atoms with Gasteiger partial charge in [-0.05, 0) is 26.7 Å². The predicted octanol–water partition coefficient (Wildman–Crippen LogP) is -1.16. The Hall–Kier alpha value is -1.20. The molecular formula is C11H18CuO6. The molecule has 0 aromatic rings. The summed E-state index contributed by atoms with van der Waals surface area (Å²) in [7, 11) is 0. The van der Waals surface area contributed by atoms with E-state index in [2.05, 4.69) is 0 Å². The van der Waals surface area contributed by atoms with Crippen molar-refractivity contribution in [2.45, 2.75) is 47.0 Å². The van der Waals surface area contributed by atoms with Crippen molar-refractivity contribution < 1.29 is 46.5 Å². The number of Topliss-reactive ketones (excluding diaryl/α,β-unsaturated/α-hetero) is 2. The minimum absolute atomic E-state index is 0. The van der Waals surface area contributed by atoms with E-state index in [1.54, 1.807) is 0 Å². The molecule has 0 aliphatic rings. The summed E-state index contributed by atoms with van der Waals surface area (Å²) in [6.07, 6.45) is 0.306. The summed E-state index contributed by atoms with van der Waals surface area (Å²) < 4.78 is 0. The number of aliphatic carboxylic acids is 2. The third-order valence-electron chi connectivity index (χ3n) is 1.08. The van der Waals surface area contributed by atoms with Crippen LogP contribution in [0.2, 0.25) is 0 Å². The van der Waals surface area contributed by atoms with E-state index in [-0.39, 0.29) is 47.9 Å².